The van der Waals surface area contributed by atoms with Crippen LogP contribution in [-0.4, -0.2) is 28.7 Å². The first-order valence-corrected chi connectivity index (χ1v) is 5.51. The van der Waals surface area contributed by atoms with Crippen molar-refractivity contribution in [2.75, 3.05) is 11.9 Å². The highest BCUT2D eigenvalue weighted by Crippen LogP contribution is 2.30. The molecule has 100 valence electrons. The van der Waals surface area contributed by atoms with Crippen LogP contribution in [0.2, 0.25) is 5.02 Å². The van der Waals surface area contributed by atoms with Crippen LogP contribution in [0.1, 0.15) is 6.92 Å². The third kappa shape index (κ3) is 3.52. The van der Waals surface area contributed by atoms with Gasteiger partial charge in [0.1, 0.15) is 11.5 Å². The molecule has 0 saturated heterocycles. The van der Waals surface area contributed by atoms with Gasteiger partial charge in [-0.05, 0) is 13.0 Å². The van der Waals surface area contributed by atoms with Crippen LogP contribution >= 0.6 is 11.6 Å². The van der Waals surface area contributed by atoms with Gasteiger partial charge in [-0.1, -0.05) is 11.6 Å². The summed E-state index contributed by atoms with van der Waals surface area (Å²) in [5.74, 6) is -0.867. The van der Waals surface area contributed by atoms with Gasteiger partial charge in [-0.25, -0.2) is 4.39 Å². The summed E-state index contributed by atoms with van der Waals surface area (Å²) in [4.78, 5) is 10.0. The minimum Gasteiger partial charge on any atom is -0.392 e. The van der Waals surface area contributed by atoms with Gasteiger partial charge < -0.3 is 16.2 Å². The van der Waals surface area contributed by atoms with E-state index in [2.05, 4.69) is 5.32 Å². The Morgan fingerprint density at radius 1 is 1.67 bits per heavy atom. The Kier molecular flexibility index (Phi) is 4.83. The van der Waals surface area contributed by atoms with Gasteiger partial charge in [0.25, 0.3) is 5.69 Å². The molecule has 0 heterocycles. The van der Waals surface area contributed by atoms with Crippen molar-refractivity contribution in [1.29, 1.82) is 0 Å². The van der Waals surface area contributed by atoms with Crippen LogP contribution in [0, 0.1) is 15.9 Å². The number of hydrogen-bond acceptors (Lipinski definition) is 5. The van der Waals surface area contributed by atoms with Gasteiger partial charge in [0.05, 0.1) is 22.1 Å². The summed E-state index contributed by atoms with van der Waals surface area (Å²) in [5, 5.41) is 22.4. The van der Waals surface area contributed by atoms with E-state index in [1.54, 1.807) is 0 Å². The standard InChI is InChI=1S/C10H13ClFN3O3/c1-5(16)8(13)4-14-9-2-6(11)7(12)3-10(9)15(17)18/h2-3,5,8,14,16H,4,13H2,1H3. The zero-order valence-electron chi connectivity index (χ0n) is 9.56. The van der Waals surface area contributed by atoms with Crippen molar-refractivity contribution in [3.63, 3.8) is 0 Å². The Morgan fingerprint density at radius 3 is 2.78 bits per heavy atom. The summed E-state index contributed by atoms with van der Waals surface area (Å²) >= 11 is 5.55. The molecule has 0 aromatic heterocycles. The highest BCUT2D eigenvalue weighted by atomic mass is 35.5. The van der Waals surface area contributed by atoms with E-state index in [1.807, 2.05) is 0 Å². The fourth-order valence-corrected chi connectivity index (χ4v) is 1.39. The van der Waals surface area contributed by atoms with Gasteiger partial charge in [-0.3, -0.25) is 10.1 Å². The summed E-state index contributed by atoms with van der Waals surface area (Å²) in [5.41, 5.74) is 5.19. The molecule has 0 saturated carbocycles. The van der Waals surface area contributed by atoms with Crippen molar-refractivity contribution in [1.82, 2.24) is 0 Å². The summed E-state index contributed by atoms with van der Waals surface area (Å²) in [6.07, 6.45) is -0.771. The zero-order chi connectivity index (χ0) is 13.9. The largest absolute Gasteiger partial charge is 0.392 e. The number of nitro groups is 1. The average Bonchev–Trinajstić information content (AvgIpc) is 2.29. The van der Waals surface area contributed by atoms with Crippen molar-refractivity contribution < 1.29 is 14.4 Å². The van der Waals surface area contributed by atoms with Crippen LogP contribution in [0.5, 0.6) is 0 Å². The van der Waals surface area contributed by atoms with Gasteiger partial charge in [-0.15, -0.1) is 0 Å². The van der Waals surface area contributed by atoms with E-state index in [-0.39, 0.29) is 17.3 Å². The molecule has 1 aromatic rings. The lowest BCUT2D eigenvalue weighted by Gasteiger charge is -2.16. The van der Waals surface area contributed by atoms with E-state index < -0.39 is 28.6 Å². The van der Waals surface area contributed by atoms with Crippen molar-refractivity contribution >= 4 is 23.0 Å². The zero-order valence-corrected chi connectivity index (χ0v) is 10.3. The third-order valence-electron chi connectivity index (χ3n) is 2.38. The molecule has 4 N–H and O–H groups in total. The number of halogens is 2. The first-order chi connectivity index (χ1) is 8.32. The first kappa shape index (κ1) is 14.6. The molecule has 0 aliphatic rings. The Hall–Kier alpha value is -1.44. The lowest BCUT2D eigenvalue weighted by molar-refractivity contribution is -0.384. The van der Waals surface area contributed by atoms with Crippen LogP contribution in [0.25, 0.3) is 0 Å². The molecule has 0 aliphatic carbocycles. The number of benzene rings is 1. The Balaban J connectivity index is 2.93. The van der Waals surface area contributed by atoms with Crippen LogP contribution in [0.3, 0.4) is 0 Å². The van der Waals surface area contributed by atoms with Crippen LogP contribution in [-0.2, 0) is 0 Å². The molecule has 0 fully saturated rings. The number of aliphatic hydroxyl groups excluding tert-OH is 1. The van der Waals surface area contributed by atoms with E-state index in [4.69, 9.17) is 17.3 Å². The van der Waals surface area contributed by atoms with Gasteiger partial charge >= 0.3 is 0 Å². The molecule has 2 atom stereocenters. The normalized spacial score (nSPS) is 14.1. The number of aliphatic hydroxyl groups is 1. The average molecular weight is 278 g/mol. The molecule has 0 radical (unpaired) electrons. The predicted octanol–water partition coefficient (Wildman–Crippen LogP) is 1.51. The molecule has 8 heteroatoms. The Morgan fingerprint density at radius 2 is 2.28 bits per heavy atom. The van der Waals surface area contributed by atoms with Gasteiger partial charge in [0.15, 0.2) is 0 Å². The third-order valence-corrected chi connectivity index (χ3v) is 2.67. The smallest absolute Gasteiger partial charge is 0.295 e. The molecular weight excluding hydrogens is 265 g/mol. The number of rotatable bonds is 5. The molecule has 2 unspecified atom stereocenters. The van der Waals surface area contributed by atoms with E-state index in [0.29, 0.717) is 0 Å². The number of nitrogens with two attached hydrogens (primary N) is 1. The summed E-state index contributed by atoms with van der Waals surface area (Å²) in [6, 6.07) is 1.25. The van der Waals surface area contributed by atoms with E-state index in [1.165, 1.54) is 6.92 Å². The quantitative estimate of drug-likeness (QED) is 0.559. The maximum atomic E-state index is 13.1. The molecule has 1 aromatic carbocycles. The summed E-state index contributed by atoms with van der Waals surface area (Å²) in [6.45, 7) is 1.60. The Bertz CT molecular complexity index is 456. The molecule has 0 amide bonds. The molecule has 18 heavy (non-hydrogen) atoms. The lowest BCUT2D eigenvalue weighted by atomic mass is 10.2. The Labute approximate surface area is 108 Å². The number of hydrogen-bond donors (Lipinski definition) is 3. The number of nitrogens with zero attached hydrogens (tertiary/aromatic N) is 1. The van der Waals surface area contributed by atoms with Crippen molar-refractivity contribution in [2.24, 2.45) is 5.73 Å². The minimum atomic E-state index is -0.867. The van der Waals surface area contributed by atoms with E-state index >= 15 is 0 Å². The maximum absolute atomic E-state index is 13.1. The highest BCUT2D eigenvalue weighted by molar-refractivity contribution is 6.31. The van der Waals surface area contributed by atoms with E-state index in [0.717, 1.165) is 12.1 Å². The number of anilines is 1. The summed E-state index contributed by atoms with van der Waals surface area (Å²) < 4.78 is 13.1. The monoisotopic (exact) mass is 277 g/mol. The van der Waals surface area contributed by atoms with Gasteiger partial charge in [-0.2, -0.15) is 0 Å². The second kappa shape index (κ2) is 5.94. The minimum absolute atomic E-state index is 0.0579. The molecule has 1 rings (SSSR count). The van der Waals surface area contributed by atoms with Crippen LogP contribution in [0.4, 0.5) is 15.8 Å². The number of nitro benzene ring substituents is 1. The highest BCUT2D eigenvalue weighted by Gasteiger charge is 2.19. The molecule has 0 aliphatic heterocycles. The maximum Gasteiger partial charge on any atom is 0.295 e. The SMILES string of the molecule is CC(O)C(N)CNc1cc(Cl)c(F)cc1[N+](=O)[O-]. The van der Waals surface area contributed by atoms with Gasteiger partial charge in [0.2, 0.25) is 0 Å². The second-order valence-electron chi connectivity index (χ2n) is 3.83. The first-order valence-electron chi connectivity index (χ1n) is 5.14. The summed E-state index contributed by atoms with van der Waals surface area (Å²) in [7, 11) is 0. The van der Waals surface area contributed by atoms with Gasteiger partial charge in [0, 0.05) is 12.6 Å². The van der Waals surface area contributed by atoms with Crippen LogP contribution in [0.15, 0.2) is 12.1 Å². The molecular formula is C10H13ClFN3O3. The van der Waals surface area contributed by atoms with E-state index in [9.17, 15) is 19.6 Å². The number of nitrogens with one attached hydrogen (secondary N) is 1. The van der Waals surface area contributed by atoms with Crippen molar-refractivity contribution in [3.05, 3.63) is 33.1 Å². The predicted molar refractivity (Wildman–Crippen MR) is 66.2 cm³/mol. The van der Waals surface area contributed by atoms with Crippen molar-refractivity contribution in [2.45, 2.75) is 19.1 Å². The topological polar surface area (TPSA) is 101 Å². The lowest BCUT2D eigenvalue weighted by Crippen LogP contribution is -2.38. The second-order valence-corrected chi connectivity index (χ2v) is 4.23. The fraction of sp³-hybridized carbons (Fsp3) is 0.400. The fourth-order valence-electron chi connectivity index (χ4n) is 1.23. The molecule has 0 bridgehead atoms. The van der Waals surface area contributed by atoms with Crippen molar-refractivity contribution in [3.8, 4) is 0 Å². The molecule has 0 spiro atoms. The van der Waals surface area contributed by atoms with Crippen LogP contribution < -0.4 is 11.1 Å². The molecule has 6 nitrogen and oxygen atoms in total.